The first-order valence-electron chi connectivity index (χ1n) is 12.0. The fourth-order valence-corrected chi connectivity index (χ4v) is 5.13. The summed E-state index contributed by atoms with van der Waals surface area (Å²) >= 11 is 0. The van der Waals surface area contributed by atoms with Gasteiger partial charge >= 0.3 is 0 Å². The average Bonchev–Trinajstić information content (AvgIpc) is 3.23. The van der Waals surface area contributed by atoms with Gasteiger partial charge in [0, 0.05) is 16.5 Å². The molecular formula is C33H27NO. The molecule has 6 rings (SSSR count). The Balaban J connectivity index is 1.54. The third-order valence-corrected chi connectivity index (χ3v) is 7.01. The van der Waals surface area contributed by atoms with Crippen molar-refractivity contribution >= 4 is 21.8 Å². The number of ether oxygens (including phenoxy) is 1. The van der Waals surface area contributed by atoms with Crippen LogP contribution in [0.25, 0.3) is 49.7 Å². The van der Waals surface area contributed by atoms with Crippen molar-refractivity contribution in [3.63, 3.8) is 0 Å². The predicted octanol–water partition coefficient (Wildman–Crippen LogP) is 8.74. The summed E-state index contributed by atoms with van der Waals surface area (Å²) in [6, 6.07) is 39.2. The zero-order valence-corrected chi connectivity index (χ0v) is 20.2. The highest BCUT2D eigenvalue weighted by molar-refractivity contribution is 6.10. The second kappa shape index (κ2) is 8.48. The van der Waals surface area contributed by atoms with Crippen molar-refractivity contribution in [3.8, 4) is 33.7 Å². The molecule has 2 nitrogen and oxygen atoms in total. The van der Waals surface area contributed by atoms with Gasteiger partial charge in [0.2, 0.25) is 0 Å². The molecule has 0 atom stereocenters. The standard InChI is InChI=1S/C33H27NO/c1-22-8-4-5-9-28(22)30-20-24(13-12-23(30)2)25-14-19-33-31(21-25)29-10-6-7-11-32(29)34(33)26-15-17-27(35-3)18-16-26/h4-21H,1-3H3. The first kappa shape index (κ1) is 21.2. The SMILES string of the molecule is COc1ccc(-n2c3ccccc3c3cc(-c4ccc(C)c(-c5ccccc5C)c4)ccc32)cc1. The lowest BCUT2D eigenvalue weighted by atomic mass is 9.92. The lowest BCUT2D eigenvalue weighted by molar-refractivity contribution is 0.415. The Kier molecular flexibility index (Phi) is 5.15. The molecule has 0 aliphatic carbocycles. The van der Waals surface area contributed by atoms with Gasteiger partial charge in [-0.05, 0) is 95.8 Å². The van der Waals surface area contributed by atoms with Gasteiger partial charge < -0.3 is 9.30 Å². The minimum Gasteiger partial charge on any atom is -0.497 e. The molecule has 0 spiro atoms. The number of nitrogens with zero attached hydrogens (tertiary/aromatic N) is 1. The quantitative estimate of drug-likeness (QED) is 0.260. The Bertz CT molecular complexity index is 1690. The number of benzene rings is 5. The summed E-state index contributed by atoms with van der Waals surface area (Å²) in [5.41, 5.74) is 11.2. The molecule has 0 aliphatic heterocycles. The lowest BCUT2D eigenvalue weighted by Crippen LogP contribution is -1.94. The maximum absolute atomic E-state index is 5.37. The van der Waals surface area contributed by atoms with Gasteiger partial charge in [-0.15, -0.1) is 0 Å². The van der Waals surface area contributed by atoms with Gasteiger partial charge in [-0.1, -0.05) is 60.7 Å². The molecule has 170 valence electrons. The van der Waals surface area contributed by atoms with Gasteiger partial charge in [0.05, 0.1) is 18.1 Å². The third-order valence-electron chi connectivity index (χ3n) is 7.01. The van der Waals surface area contributed by atoms with E-state index < -0.39 is 0 Å². The second-order valence-corrected chi connectivity index (χ2v) is 9.13. The van der Waals surface area contributed by atoms with Crippen LogP contribution in [-0.4, -0.2) is 11.7 Å². The molecule has 0 unspecified atom stereocenters. The largest absolute Gasteiger partial charge is 0.497 e. The van der Waals surface area contributed by atoms with Crippen LogP contribution in [0.3, 0.4) is 0 Å². The Hall–Kier alpha value is -4.30. The molecule has 0 N–H and O–H groups in total. The zero-order chi connectivity index (χ0) is 23.9. The molecule has 6 aromatic rings. The molecule has 0 saturated carbocycles. The van der Waals surface area contributed by atoms with E-state index >= 15 is 0 Å². The number of rotatable bonds is 4. The van der Waals surface area contributed by atoms with Gasteiger partial charge in [0.15, 0.2) is 0 Å². The first-order chi connectivity index (χ1) is 17.1. The topological polar surface area (TPSA) is 14.2 Å². The molecule has 0 bridgehead atoms. The first-order valence-corrected chi connectivity index (χ1v) is 12.0. The van der Waals surface area contributed by atoms with Crippen molar-refractivity contribution in [2.45, 2.75) is 13.8 Å². The molecule has 0 saturated heterocycles. The highest BCUT2D eigenvalue weighted by Gasteiger charge is 2.14. The number of aromatic nitrogens is 1. The summed E-state index contributed by atoms with van der Waals surface area (Å²) in [6.07, 6.45) is 0. The number of methoxy groups -OCH3 is 1. The molecule has 35 heavy (non-hydrogen) atoms. The molecule has 0 aliphatic rings. The van der Waals surface area contributed by atoms with Crippen molar-refractivity contribution in [2.24, 2.45) is 0 Å². The van der Waals surface area contributed by atoms with E-state index in [-0.39, 0.29) is 0 Å². The van der Waals surface area contributed by atoms with E-state index in [2.05, 4.69) is 115 Å². The van der Waals surface area contributed by atoms with Crippen LogP contribution in [0.5, 0.6) is 5.75 Å². The Morgan fingerprint density at radius 3 is 2.00 bits per heavy atom. The number of aryl methyl sites for hydroxylation is 2. The Morgan fingerprint density at radius 1 is 0.543 bits per heavy atom. The van der Waals surface area contributed by atoms with Crippen LogP contribution in [-0.2, 0) is 0 Å². The van der Waals surface area contributed by atoms with E-state index in [1.165, 1.54) is 55.2 Å². The van der Waals surface area contributed by atoms with Crippen molar-refractivity contribution in [1.82, 2.24) is 4.57 Å². The van der Waals surface area contributed by atoms with Crippen LogP contribution in [0.1, 0.15) is 11.1 Å². The summed E-state index contributed by atoms with van der Waals surface area (Å²) < 4.78 is 7.71. The van der Waals surface area contributed by atoms with Crippen LogP contribution < -0.4 is 4.74 Å². The summed E-state index contributed by atoms with van der Waals surface area (Å²) in [4.78, 5) is 0. The summed E-state index contributed by atoms with van der Waals surface area (Å²) in [5.74, 6) is 0.862. The van der Waals surface area contributed by atoms with Gasteiger partial charge in [-0.3, -0.25) is 0 Å². The van der Waals surface area contributed by atoms with E-state index in [9.17, 15) is 0 Å². The van der Waals surface area contributed by atoms with E-state index in [0.29, 0.717) is 0 Å². The highest BCUT2D eigenvalue weighted by atomic mass is 16.5. The van der Waals surface area contributed by atoms with Gasteiger partial charge in [0.1, 0.15) is 5.75 Å². The van der Waals surface area contributed by atoms with Crippen molar-refractivity contribution in [2.75, 3.05) is 7.11 Å². The van der Waals surface area contributed by atoms with Gasteiger partial charge in [-0.25, -0.2) is 0 Å². The maximum atomic E-state index is 5.37. The normalized spacial score (nSPS) is 11.3. The van der Waals surface area contributed by atoms with E-state index in [1.807, 2.05) is 12.1 Å². The third kappa shape index (κ3) is 3.59. The predicted molar refractivity (Wildman–Crippen MR) is 148 cm³/mol. The summed E-state index contributed by atoms with van der Waals surface area (Å²) in [5, 5.41) is 2.51. The average molecular weight is 454 g/mol. The van der Waals surface area contributed by atoms with Crippen LogP contribution >= 0.6 is 0 Å². The molecular weight excluding hydrogens is 426 g/mol. The molecule has 5 aromatic carbocycles. The number of para-hydroxylation sites is 1. The fraction of sp³-hybridized carbons (Fsp3) is 0.0909. The van der Waals surface area contributed by atoms with Crippen LogP contribution in [0.2, 0.25) is 0 Å². The fourth-order valence-electron chi connectivity index (χ4n) is 5.13. The van der Waals surface area contributed by atoms with E-state index in [1.54, 1.807) is 7.11 Å². The summed E-state index contributed by atoms with van der Waals surface area (Å²) in [6.45, 7) is 4.37. The van der Waals surface area contributed by atoms with E-state index in [0.717, 1.165) is 11.4 Å². The maximum Gasteiger partial charge on any atom is 0.119 e. The molecule has 0 amide bonds. The van der Waals surface area contributed by atoms with Crippen LogP contribution in [0.15, 0.2) is 109 Å². The minimum atomic E-state index is 0.862. The second-order valence-electron chi connectivity index (χ2n) is 9.13. The van der Waals surface area contributed by atoms with Crippen molar-refractivity contribution in [3.05, 3.63) is 120 Å². The Morgan fingerprint density at radius 2 is 1.20 bits per heavy atom. The molecule has 1 heterocycles. The zero-order valence-electron chi connectivity index (χ0n) is 20.2. The van der Waals surface area contributed by atoms with Gasteiger partial charge in [-0.2, -0.15) is 0 Å². The van der Waals surface area contributed by atoms with Crippen molar-refractivity contribution < 1.29 is 4.74 Å². The lowest BCUT2D eigenvalue weighted by Gasteiger charge is -2.12. The smallest absolute Gasteiger partial charge is 0.119 e. The molecule has 1 aromatic heterocycles. The van der Waals surface area contributed by atoms with Crippen LogP contribution in [0, 0.1) is 13.8 Å². The monoisotopic (exact) mass is 453 g/mol. The summed E-state index contributed by atoms with van der Waals surface area (Å²) in [7, 11) is 1.70. The van der Waals surface area contributed by atoms with Gasteiger partial charge in [0.25, 0.3) is 0 Å². The number of hydrogen-bond donors (Lipinski definition) is 0. The molecule has 0 radical (unpaired) electrons. The molecule has 2 heteroatoms. The number of hydrogen-bond acceptors (Lipinski definition) is 1. The van der Waals surface area contributed by atoms with Crippen LogP contribution in [0.4, 0.5) is 0 Å². The van der Waals surface area contributed by atoms with Crippen molar-refractivity contribution in [1.29, 1.82) is 0 Å². The van der Waals surface area contributed by atoms with E-state index in [4.69, 9.17) is 4.74 Å². The Labute approximate surface area is 206 Å². The highest BCUT2D eigenvalue weighted by Crippen LogP contribution is 2.37. The number of fused-ring (bicyclic) bond motifs is 3. The minimum absolute atomic E-state index is 0.862. The molecule has 0 fully saturated rings.